The van der Waals surface area contributed by atoms with Crippen molar-refractivity contribution in [1.29, 1.82) is 0 Å². The fraction of sp³-hybridized carbons (Fsp3) is 0.0303. The lowest BCUT2D eigenvalue weighted by atomic mass is 10.1. The summed E-state index contributed by atoms with van der Waals surface area (Å²) in [6.07, 6.45) is 0. The number of nitrogens with one attached hydrogen (secondary N) is 2. The molecule has 0 aliphatic carbocycles. The van der Waals surface area contributed by atoms with Gasteiger partial charge in [0, 0.05) is 32.9 Å². The monoisotopic (exact) mass is 492 g/mol. The molecule has 0 saturated heterocycles. The fourth-order valence-corrected chi connectivity index (χ4v) is 5.17. The second-order valence-corrected chi connectivity index (χ2v) is 9.37. The molecule has 0 fully saturated rings. The van der Waals surface area contributed by atoms with Gasteiger partial charge in [-0.2, -0.15) is 0 Å². The first-order chi connectivity index (χ1) is 18.8. The molecule has 182 valence electrons. The number of pyridine rings is 2. The molecule has 0 unspecified atom stereocenters. The van der Waals surface area contributed by atoms with Crippen molar-refractivity contribution in [2.24, 2.45) is 0 Å². The average Bonchev–Trinajstić information content (AvgIpc) is 2.97. The molecular weight excluding hydrogens is 468 g/mol. The van der Waals surface area contributed by atoms with Crippen LogP contribution in [0, 0.1) is 0 Å². The molecule has 0 aliphatic heterocycles. The van der Waals surface area contributed by atoms with Gasteiger partial charge in [-0.05, 0) is 48.0 Å². The second kappa shape index (κ2) is 9.14. The van der Waals surface area contributed by atoms with E-state index in [1.165, 1.54) is 0 Å². The minimum Gasteiger partial charge on any atom is -0.392 e. The van der Waals surface area contributed by atoms with Crippen molar-refractivity contribution >= 4 is 66.4 Å². The highest BCUT2D eigenvalue weighted by atomic mass is 16.3. The maximum atomic E-state index is 10.1. The van der Waals surface area contributed by atoms with Crippen LogP contribution in [0.15, 0.2) is 115 Å². The van der Waals surface area contributed by atoms with E-state index in [-0.39, 0.29) is 6.61 Å². The molecule has 3 N–H and O–H groups in total. The normalized spacial score (nSPS) is 11.4. The van der Waals surface area contributed by atoms with Crippen LogP contribution in [0.2, 0.25) is 0 Å². The number of hydrogen-bond acceptors (Lipinski definition) is 5. The molecule has 2 aromatic heterocycles. The highest BCUT2D eigenvalue weighted by Gasteiger charge is 2.13. The van der Waals surface area contributed by atoms with Crippen molar-refractivity contribution in [2.75, 3.05) is 10.6 Å². The summed E-state index contributed by atoms with van der Waals surface area (Å²) in [4.78, 5) is 9.69. The van der Waals surface area contributed by atoms with E-state index in [1.807, 2.05) is 84.9 Å². The molecule has 0 spiro atoms. The molecule has 5 heteroatoms. The van der Waals surface area contributed by atoms with E-state index in [4.69, 9.17) is 9.97 Å². The molecule has 2 heterocycles. The summed E-state index contributed by atoms with van der Waals surface area (Å²) in [7, 11) is 0. The van der Waals surface area contributed by atoms with Crippen LogP contribution in [-0.4, -0.2) is 15.1 Å². The topological polar surface area (TPSA) is 70.1 Å². The van der Waals surface area contributed by atoms with Crippen LogP contribution in [0.5, 0.6) is 0 Å². The number of aliphatic hydroxyl groups is 1. The molecule has 5 aromatic carbocycles. The Morgan fingerprint density at radius 1 is 0.474 bits per heavy atom. The lowest BCUT2D eigenvalue weighted by Gasteiger charge is -2.17. The first-order valence-corrected chi connectivity index (χ1v) is 12.6. The van der Waals surface area contributed by atoms with E-state index >= 15 is 0 Å². The number of benzene rings is 5. The number of fused-ring (bicyclic) bond motifs is 4. The molecule has 38 heavy (non-hydrogen) atoms. The van der Waals surface area contributed by atoms with Crippen LogP contribution < -0.4 is 10.6 Å². The Morgan fingerprint density at radius 2 is 0.816 bits per heavy atom. The summed E-state index contributed by atoms with van der Waals surface area (Å²) >= 11 is 0. The van der Waals surface area contributed by atoms with Crippen molar-refractivity contribution < 1.29 is 5.11 Å². The molecule has 7 aromatic rings. The molecule has 5 nitrogen and oxygen atoms in total. The number of aliphatic hydroxyl groups excluding tert-OH is 1. The zero-order valence-electron chi connectivity index (χ0n) is 20.5. The van der Waals surface area contributed by atoms with Crippen LogP contribution in [0.3, 0.4) is 0 Å². The third kappa shape index (κ3) is 3.86. The third-order valence-corrected chi connectivity index (χ3v) is 6.89. The van der Waals surface area contributed by atoms with E-state index < -0.39 is 0 Å². The van der Waals surface area contributed by atoms with E-state index in [9.17, 15) is 5.11 Å². The molecule has 0 atom stereocenters. The molecule has 0 radical (unpaired) electrons. The van der Waals surface area contributed by atoms with Gasteiger partial charge in [-0.3, -0.25) is 0 Å². The van der Waals surface area contributed by atoms with Gasteiger partial charge in [-0.1, -0.05) is 72.8 Å². The van der Waals surface area contributed by atoms with Gasteiger partial charge in [-0.25, -0.2) is 9.97 Å². The maximum Gasteiger partial charge on any atom is 0.0730 e. The zero-order chi connectivity index (χ0) is 25.5. The zero-order valence-corrected chi connectivity index (χ0v) is 20.5. The van der Waals surface area contributed by atoms with Crippen molar-refractivity contribution in [3.05, 3.63) is 121 Å². The van der Waals surface area contributed by atoms with Crippen LogP contribution in [0.25, 0.3) is 43.6 Å². The number of nitrogens with zero attached hydrogens (tertiary/aromatic N) is 2. The van der Waals surface area contributed by atoms with Crippen LogP contribution in [0.4, 0.5) is 22.7 Å². The lowest BCUT2D eigenvalue weighted by molar-refractivity contribution is 0.282. The van der Waals surface area contributed by atoms with Gasteiger partial charge >= 0.3 is 0 Å². The number of hydrogen-bond donors (Lipinski definition) is 3. The highest BCUT2D eigenvalue weighted by Crippen LogP contribution is 2.36. The summed E-state index contributed by atoms with van der Waals surface area (Å²) in [6.45, 7) is -0.0696. The molecule has 0 aliphatic rings. The molecule has 7 rings (SSSR count). The Balaban J connectivity index is 1.38. The summed E-state index contributed by atoms with van der Waals surface area (Å²) in [6, 6.07) is 38.6. The predicted octanol–water partition coefficient (Wildman–Crippen LogP) is 8.07. The van der Waals surface area contributed by atoms with E-state index in [1.54, 1.807) is 0 Å². The highest BCUT2D eigenvalue weighted by molar-refractivity contribution is 6.10. The van der Waals surface area contributed by atoms with Gasteiger partial charge in [0.25, 0.3) is 0 Å². The summed E-state index contributed by atoms with van der Waals surface area (Å²) in [5, 5.41) is 21.6. The van der Waals surface area contributed by atoms with Gasteiger partial charge in [0.05, 0.1) is 40.0 Å². The molecule has 0 saturated carbocycles. The van der Waals surface area contributed by atoms with Gasteiger partial charge in [0.2, 0.25) is 0 Å². The van der Waals surface area contributed by atoms with Crippen molar-refractivity contribution in [2.45, 2.75) is 6.61 Å². The Kier molecular flexibility index (Phi) is 5.34. The minimum atomic E-state index is -0.0696. The summed E-state index contributed by atoms with van der Waals surface area (Å²) in [5.74, 6) is 0. The number of rotatable bonds is 5. The first kappa shape index (κ1) is 22.2. The second-order valence-electron chi connectivity index (χ2n) is 9.37. The molecule has 0 bridgehead atoms. The SMILES string of the molecule is OCc1cc(Nc2c3ccccc3nc3ccccc23)cc(Nc2c3ccccc3nc3ccccc23)c1. The maximum absolute atomic E-state index is 10.1. The number of anilines is 4. The first-order valence-electron chi connectivity index (χ1n) is 12.6. The minimum absolute atomic E-state index is 0.0696. The van der Waals surface area contributed by atoms with E-state index in [0.717, 1.165) is 71.9 Å². The van der Waals surface area contributed by atoms with Crippen LogP contribution in [0.1, 0.15) is 5.56 Å². The Hall–Kier alpha value is -5.00. The van der Waals surface area contributed by atoms with Crippen molar-refractivity contribution in [3.63, 3.8) is 0 Å². The van der Waals surface area contributed by atoms with Crippen molar-refractivity contribution in [1.82, 2.24) is 9.97 Å². The largest absolute Gasteiger partial charge is 0.392 e. The Morgan fingerprint density at radius 3 is 1.16 bits per heavy atom. The standard InChI is InChI=1S/C33H24N4O/c38-20-21-17-22(34-32-24-9-1-5-13-28(24)36-29-14-6-2-10-25(29)32)19-23(18-21)35-33-26-11-3-7-15-30(26)37-31-16-8-4-12-27(31)33/h1-19,38H,20H2,(H,34,36)(H,35,37). The lowest BCUT2D eigenvalue weighted by Crippen LogP contribution is -2.00. The van der Waals surface area contributed by atoms with Gasteiger partial charge in [0.1, 0.15) is 0 Å². The predicted molar refractivity (Wildman–Crippen MR) is 157 cm³/mol. The summed E-state index contributed by atoms with van der Waals surface area (Å²) in [5.41, 5.74) is 8.27. The average molecular weight is 493 g/mol. The van der Waals surface area contributed by atoms with E-state index in [0.29, 0.717) is 0 Å². The molecule has 0 amide bonds. The quantitative estimate of drug-likeness (QED) is 0.212. The Labute approximate surface area is 219 Å². The molecular formula is C33H24N4O. The van der Waals surface area contributed by atoms with Crippen LogP contribution >= 0.6 is 0 Å². The van der Waals surface area contributed by atoms with Crippen molar-refractivity contribution in [3.8, 4) is 0 Å². The van der Waals surface area contributed by atoms with Gasteiger partial charge in [-0.15, -0.1) is 0 Å². The summed E-state index contributed by atoms with van der Waals surface area (Å²) < 4.78 is 0. The van der Waals surface area contributed by atoms with E-state index in [2.05, 4.69) is 41.0 Å². The number of para-hydroxylation sites is 4. The van der Waals surface area contributed by atoms with Gasteiger partial charge in [0.15, 0.2) is 0 Å². The number of aromatic nitrogens is 2. The fourth-order valence-electron chi connectivity index (χ4n) is 5.17. The smallest absolute Gasteiger partial charge is 0.0730 e. The van der Waals surface area contributed by atoms with Crippen LogP contribution in [-0.2, 0) is 6.61 Å². The Bertz CT molecular complexity index is 1740. The third-order valence-electron chi connectivity index (χ3n) is 6.89. The van der Waals surface area contributed by atoms with Gasteiger partial charge < -0.3 is 15.7 Å².